The van der Waals surface area contributed by atoms with Crippen LogP contribution in [0.4, 0.5) is 8.78 Å². The quantitative estimate of drug-likeness (QED) is 0.605. The van der Waals surface area contributed by atoms with Gasteiger partial charge in [0.2, 0.25) is 0 Å². The summed E-state index contributed by atoms with van der Waals surface area (Å²) in [5.41, 5.74) is 5.44. The molecule has 0 saturated carbocycles. The molecule has 4 rings (SSSR count). The molecule has 176 valence electrons. The molecule has 1 aromatic carbocycles. The van der Waals surface area contributed by atoms with E-state index >= 15 is 4.39 Å². The van der Waals surface area contributed by atoms with Crippen LogP contribution in [0.25, 0.3) is 17.1 Å². The number of nitrogens with two attached hydrogens (primary N) is 1. The number of rotatable bonds is 4. The smallest absolute Gasteiger partial charge is 0.155 e. The Bertz CT molecular complexity index is 1450. The maximum Gasteiger partial charge on any atom is 0.155 e. The van der Waals surface area contributed by atoms with Gasteiger partial charge in [-0.3, -0.25) is 4.99 Å². The van der Waals surface area contributed by atoms with Crippen LogP contribution in [-0.4, -0.2) is 54.2 Å². The lowest BCUT2D eigenvalue weighted by Crippen LogP contribution is -2.56. The van der Waals surface area contributed by atoms with Crippen molar-refractivity contribution in [2.75, 3.05) is 19.5 Å². The van der Waals surface area contributed by atoms with Crippen molar-refractivity contribution in [3.05, 3.63) is 59.7 Å². The molecule has 1 aliphatic heterocycles. The summed E-state index contributed by atoms with van der Waals surface area (Å²) in [5, 5.41) is 17.1. The molecule has 0 radical (unpaired) electrons. The van der Waals surface area contributed by atoms with Gasteiger partial charge in [0.1, 0.15) is 40.4 Å². The van der Waals surface area contributed by atoms with Crippen LogP contribution in [0.3, 0.4) is 0 Å². The normalized spacial score (nSPS) is 23.7. The summed E-state index contributed by atoms with van der Waals surface area (Å²) < 4.78 is 47.5. The first-order chi connectivity index (χ1) is 16.1. The fourth-order valence-corrected chi connectivity index (χ4v) is 6.04. The van der Waals surface area contributed by atoms with E-state index in [2.05, 4.69) is 24.7 Å². The molecule has 1 aliphatic rings. The molecule has 0 bridgehead atoms. The summed E-state index contributed by atoms with van der Waals surface area (Å²) >= 11 is 0. The molecule has 12 heteroatoms. The molecular formula is C22H22F2N8OS. The first-order valence-electron chi connectivity index (χ1n) is 10.2. The fourth-order valence-electron chi connectivity index (χ4n) is 3.77. The lowest BCUT2D eigenvalue weighted by atomic mass is 9.90. The number of benzene rings is 1. The number of pyridine rings is 1. The number of halogens is 2. The van der Waals surface area contributed by atoms with Gasteiger partial charge in [0.25, 0.3) is 0 Å². The zero-order valence-corrected chi connectivity index (χ0v) is 19.6. The highest BCUT2D eigenvalue weighted by atomic mass is 32.2. The van der Waals surface area contributed by atoms with Crippen molar-refractivity contribution in [3.8, 4) is 23.1 Å². The summed E-state index contributed by atoms with van der Waals surface area (Å²) in [6.45, 7) is 2.15. The zero-order valence-electron chi connectivity index (χ0n) is 18.7. The number of hydrogen-bond acceptors (Lipinski definition) is 8. The molecule has 34 heavy (non-hydrogen) atoms. The van der Waals surface area contributed by atoms with Crippen LogP contribution in [0, 0.1) is 17.1 Å². The summed E-state index contributed by atoms with van der Waals surface area (Å²) in [6.07, 6.45) is 2.97. The fraction of sp³-hybridized carbons (Fsp3) is 0.318. The molecule has 2 atom stereocenters. The van der Waals surface area contributed by atoms with Gasteiger partial charge < -0.3 is 5.73 Å². The van der Waals surface area contributed by atoms with Gasteiger partial charge in [-0.05, 0) is 44.2 Å². The van der Waals surface area contributed by atoms with Crippen LogP contribution < -0.4 is 5.73 Å². The minimum atomic E-state index is -3.06. The third kappa shape index (κ3) is 3.62. The Morgan fingerprint density at radius 3 is 2.71 bits per heavy atom. The van der Waals surface area contributed by atoms with Crippen LogP contribution in [0.2, 0.25) is 0 Å². The maximum absolute atomic E-state index is 15.0. The lowest BCUT2D eigenvalue weighted by Gasteiger charge is -2.41. The predicted octanol–water partition coefficient (Wildman–Crippen LogP) is 2.75. The molecule has 0 amide bonds. The van der Waals surface area contributed by atoms with Crippen molar-refractivity contribution in [2.24, 2.45) is 15.1 Å². The molecule has 3 heterocycles. The molecule has 3 aromatic rings. The molecule has 0 saturated heterocycles. The Morgan fingerprint density at radius 1 is 1.32 bits per heavy atom. The van der Waals surface area contributed by atoms with E-state index in [0.29, 0.717) is 22.6 Å². The summed E-state index contributed by atoms with van der Waals surface area (Å²) in [4.78, 5) is 8.48. The average molecular weight is 485 g/mol. The minimum Gasteiger partial charge on any atom is -0.386 e. The Kier molecular flexibility index (Phi) is 5.69. The molecule has 9 nitrogen and oxygen atoms in total. The number of aliphatic imine (C=N–C) groups is 1. The van der Waals surface area contributed by atoms with E-state index in [4.69, 9.17) is 11.0 Å². The largest absolute Gasteiger partial charge is 0.386 e. The number of alkyl halides is 1. The summed E-state index contributed by atoms with van der Waals surface area (Å²) in [7, 11) is -1.67. The first kappa shape index (κ1) is 23.4. The van der Waals surface area contributed by atoms with Gasteiger partial charge >= 0.3 is 0 Å². The number of aromatic nitrogens is 4. The maximum atomic E-state index is 15.0. The van der Waals surface area contributed by atoms with Gasteiger partial charge in [-0.25, -0.2) is 27.0 Å². The van der Waals surface area contributed by atoms with E-state index in [-0.39, 0.29) is 17.2 Å². The number of nitrogens with zero attached hydrogens (tertiary/aromatic N) is 7. The molecule has 2 N–H and O–H groups in total. The first-order valence-corrected chi connectivity index (χ1v) is 11.9. The van der Waals surface area contributed by atoms with Crippen molar-refractivity contribution < 1.29 is 13.0 Å². The van der Waals surface area contributed by atoms with Crippen LogP contribution in [-0.2, 0) is 15.3 Å². The van der Waals surface area contributed by atoms with Gasteiger partial charge in [-0.1, -0.05) is 5.21 Å². The molecule has 0 unspecified atom stereocenters. The highest BCUT2D eigenvalue weighted by molar-refractivity contribution is 7.95. The Morgan fingerprint density at radius 2 is 2.09 bits per heavy atom. The predicted molar refractivity (Wildman–Crippen MR) is 124 cm³/mol. The van der Waals surface area contributed by atoms with Crippen LogP contribution >= 0.6 is 0 Å². The number of hydrogen-bond donors (Lipinski definition) is 1. The standard InChI is InChI=1S/C22H22F2N8OS/c1-21(2)20(26)29-22(12-23,13-34(21,33)27-3)16-8-15(5-6-17(16)24)18-11-32(31-30-18)19-7-4-14(9-25)10-28-19/h4-8,10-11H,12-13H2,1-3H3,(H2,26,29)/t22-,34+/m0/s1. The average Bonchev–Trinajstić information content (AvgIpc) is 3.33. The van der Waals surface area contributed by atoms with Gasteiger partial charge in [-0.15, -0.1) is 5.10 Å². The van der Waals surface area contributed by atoms with Crippen molar-refractivity contribution >= 4 is 15.6 Å². The highest BCUT2D eigenvalue weighted by Crippen LogP contribution is 2.40. The zero-order chi connectivity index (χ0) is 24.7. The number of nitriles is 1. The molecule has 0 spiro atoms. The van der Waals surface area contributed by atoms with E-state index in [9.17, 15) is 8.60 Å². The lowest BCUT2D eigenvalue weighted by molar-refractivity contribution is 0.327. The molecule has 0 fully saturated rings. The van der Waals surface area contributed by atoms with Crippen LogP contribution in [0.1, 0.15) is 25.0 Å². The second-order valence-electron chi connectivity index (χ2n) is 8.40. The number of amidine groups is 1. The van der Waals surface area contributed by atoms with E-state index in [1.54, 1.807) is 32.2 Å². The summed E-state index contributed by atoms with van der Waals surface area (Å²) in [6, 6.07) is 9.26. The second-order valence-corrected chi connectivity index (χ2v) is 11.4. The molecule has 2 aromatic heterocycles. The van der Waals surface area contributed by atoms with E-state index in [0.717, 1.165) is 0 Å². The van der Waals surface area contributed by atoms with Gasteiger partial charge in [0, 0.05) is 24.4 Å². The van der Waals surface area contributed by atoms with Crippen molar-refractivity contribution in [3.63, 3.8) is 0 Å². The molecule has 0 aliphatic carbocycles. The third-order valence-electron chi connectivity index (χ3n) is 6.07. The van der Waals surface area contributed by atoms with Gasteiger partial charge in [-0.2, -0.15) is 5.26 Å². The van der Waals surface area contributed by atoms with Crippen LogP contribution in [0.15, 0.2) is 52.1 Å². The van der Waals surface area contributed by atoms with Crippen molar-refractivity contribution in [1.82, 2.24) is 20.0 Å². The van der Waals surface area contributed by atoms with Crippen LogP contribution in [0.5, 0.6) is 0 Å². The summed E-state index contributed by atoms with van der Waals surface area (Å²) in [5.74, 6) is -0.647. The third-order valence-corrected chi connectivity index (χ3v) is 9.33. The monoisotopic (exact) mass is 484 g/mol. The van der Waals surface area contributed by atoms with E-state index < -0.39 is 32.5 Å². The highest BCUT2D eigenvalue weighted by Gasteiger charge is 2.50. The van der Waals surface area contributed by atoms with Crippen molar-refractivity contribution in [1.29, 1.82) is 5.26 Å². The SMILES string of the molecule is CN=[S@@]1(=O)C[C@@](CF)(c2cc(-c3cn(-c4ccc(C#N)cn4)nn3)ccc2F)N=C(N)C1(C)C. The Balaban J connectivity index is 1.80. The van der Waals surface area contributed by atoms with Gasteiger partial charge in [0.15, 0.2) is 5.82 Å². The van der Waals surface area contributed by atoms with Gasteiger partial charge in [0.05, 0.1) is 27.2 Å². The van der Waals surface area contributed by atoms with E-state index in [1.807, 2.05) is 6.07 Å². The Labute approximate surface area is 195 Å². The Hall–Kier alpha value is -3.72. The molecular weight excluding hydrogens is 462 g/mol. The topological polar surface area (TPSA) is 135 Å². The van der Waals surface area contributed by atoms with Crippen molar-refractivity contribution in [2.45, 2.75) is 24.1 Å². The van der Waals surface area contributed by atoms with E-state index in [1.165, 1.54) is 36.1 Å². The second kappa shape index (κ2) is 8.25. The minimum absolute atomic E-state index is 0.0466.